The number of aliphatic carboxylic acids is 1. The van der Waals surface area contributed by atoms with Crippen molar-refractivity contribution in [3.05, 3.63) is 0 Å². The van der Waals surface area contributed by atoms with Crippen LogP contribution in [0.15, 0.2) is 0 Å². The van der Waals surface area contributed by atoms with Crippen molar-refractivity contribution >= 4 is 5.97 Å². The van der Waals surface area contributed by atoms with Crippen LogP contribution in [0.3, 0.4) is 0 Å². The monoisotopic (exact) mass is 252 g/mol. The Labute approximate surface area is 110 Å². The van der Waals surface area contributed by atoms with Gasteiger partial charge in [-0.1, -0.05) is 19.3 Å². The highest BCUT2D eigenvalue weighted by molar-refractivity contribution is 5.68. The Balaban J connectivity index is 2.53. The molecule has 1 fully saturated rings. The summed E-state index contributed by atoms with van der Waals surface area (Å²) in [7, 11) is 2.04. The van der Waals surface area contributed by atoms with Crippen LogP contribution in [0.2, 0.25) is 0 Å². The van der Waals surface area contributed by atoms with Gasteiger partial charge in [-0.3, -0.25) is 4.79 Å². The molecule has 4 heteroatoms. The van der Waals surface area contributed by atoms with Crippen molar-refractivity contribution in [1.82, 2.24) is 4.90 Å². The van der Waals surface area contributed by atoms with E-state index in [9.17, 15) is 4.79 Å². The molecular formula is C14H24N2O2. The van der Waals surface area contributed by atoms with Crippen LogP contribution in [-0.2, 0) is 4.79 Å². The van der Waals surface area contributed by atoms with Gasteiger partial charge in [0.25, 0.3) is 0 Å². The Morgan fingerprint density at radius 3 is 2.56 bits per heavy atom. The van der Waals surface area contributed by atoms with E-state index in [0.717, 1.165) is 45.1 Å². The minimum absolute atomic E-state index is 0.142. The van der Waals surface area contributed by atoms with Gasteiger partial charge in [0, 0.05) is 12.0 Å². The van der Waals surface area contributed by atoms with E-state index in [1.165, 1.54) is 6.42 Å². The predicted molar refractivity (Wildman–Crippen MR) is 70.2 cm³/mol. The molecule has 0 amide bonds. The Kier molecular flexibility index (Phi) is 6.14. The second-order valence-corrected chi connectivity index (χ2v) is 5.39. The fourth-order valence-electron chi connectivity index (χ4n) is 2.98. The minimum atomic E-state index is -0.694. The van der Waals surface area contributed by atoms with Crippen molar-refractivity contribution in [2.75, 3.05) is 13.6 Å². The first-order valence-corrected chi connectivity index (χ1v) is 6.91. The molecule has 102 valence electrons. The fraction of sp³-hybridized carbons (Fsp3) is 0.857. The quantitative estimate of drug-likeness (QED) is 0.708. The molecule has 1 saturated carbocycles. The van der Waals surface area contributed by atoms with Crippen molar-refractivity contribution in [1.29, 1.82) is 5.26 Å². The molecule has 1 N–H and O–H groups in total. The number of carbonyl (C=O) groups is 1. The number of rotatable bonds is 7. The lowest BCUT2D eigenvalue weighted by Gasteiger charge is -2.44. The number of hydrogen-bond acceptors (Lipinski definition) is 3. The molecule has 0 bridgehead atoms. The first-order chi connectivity index (χ1) is 8.60. The van der Waals surface area contributed by atoms with Gasteiger partial charge >= 0.3 is 5.97 Å². The van der Waals surface area contributed by atoms with Crippen LogP contribution in [0.4, 0.5) is 0 Å². The lowest BCUT2D eigenvalue weighted by Crippen LogP contribution is -2.49. The molecule has 0 aromatic rings. The Bertz CT molecular complexity index is 303. The summed E-state index contributed by atoms with van der Waals surface area (Å²) < 4.78 is 0. The first-order valence-electron chi connectivity index (χ1n) is 6.91. The van der Waals surface area contributed by atoms with Gasteiger partial charge in [-0.25, -0.2) is 0 Å². The third-order valence-corrected chi connectivity index (χ3v) is 4.11. The van der Waals surface area contributed by atoms with Crippen LogP contribution in [-0.4, -0.2) is 35.1 Å². The average molecular weight is 252 g/mol. The van der Waals surface area contributed by atoms with Crippen LogP contribution in [0, 0.1) is 11.3 Å². The van der Waals surface area contributed by atoms with E-state index in [2.05, 4.69) is 11.0 Å². The van der Waals surface area contributed by atoms with Gasteiger partial charge in [0.05, 0.1) is 12.5 Å². The van der Waals surface area contributed by atoms with Crippen molar-refractivity contribution < 1.29 is 9.90 Å². The van der Waals surface area contributed by atoms with Crippen molar-refractivity contribution in [2.24, 2.45) is 0 Å². The number of hydrogen-bond donors (Lipinski definition) is 1. The van der Waals surface area contributed by atoms with Gasteiger partial charge in [-0.05, 0) is 39.3 Å². The zero-order chi connectivity index (χ0) is 13.4. The number of carboxylic acids is 1. The average Bonchev–Trinajstić information content (AvgIpc) is 2.34. The van der Waals surface area contributed by atoms with E-state index >= 15 is 0 Å². The molecule has 1 rings (SSSR count). The molecule has 1 aliphatic carbocycles. The van der Waals surface area contributed by atoms with Crippen LogP contribution in [0.25, 0.3) is 0 Å². The maximum atomic E-state index is 11.1. The summed E-state index contributed by atoms with van der Waals surface area (Å²) in [5.41, 5.74) is -0.142. The highest BCUT2D eigenvalue weighted by Gasteiger charge is 2.37. The molecule has 0 heterocycles. The van der Waals surface area contributed by atoms with Crippen molar-refractivity contribution in [3.8, 4) is 6.07 Å². The first kappa shape index (κ1) is 15.0. The smallest absolute Gasteiger partial charge is 0.305 e. The molecule has 0 radical (unpaired) electrons. The number of unbranched alkanes of at least 4 members (excludes halogenated alkanes) is 2. The van der Waals surface area contributed by atoms with Gasteiger partial charge in [0.1, 0.15) is 0 Å². The maximum Gasteiger partial charge on any atom is 0.305 e. The zero-order valence-electron chi connectivity index (χ0n) is 11.3. The molecule has 0 aliphatic heterocycles. The van der Waals surface area contributed by atoms with Gasteiger partial charge in [0.15, 0.2) is 0 Å². The third-order valence-electron chi connectivity index (χ3n) is 4.11. The highest BCUT2D eigenvalue weighted by atomic mass is 16.4. The highest BCUT2D eigenvalue weighted by Crippen LogP contribution is 2.35. The molecule has 4 nitrogen and oxygen atoms in total. The van der Waals surface area contributed by atoms with Crippen LogP contribution < -0.4 is 0 Å². The predicted octanol–water partition coefficient (Wildman–Crippen LogP) is 2.79. The standard InChI is InChI=1S/C14H24N2O2/c1-16(11-7-3-6-10-15)14(12-13(17)18)8-4-2-5-9-14/h2-9,11-12H2,1H3,(H,17,18). The summed E-state index contributed by atoms with van der Waals surface area (Å²) in [5.74, 6) is -0.694. The summed E-state index contributed by atoms with van der Waals surface area (Å²) >= 11 is 0. The van der Waals surface area contributed by atoms with Gasteiger partial charge < -0.3 is 10.0 Å². The molecule has 0 aromatic carbocycles. The van der Waals surface area contributed by atoms with Gasteiger partial charge in [0.2, 0.25) is 0 Å². The Morgan fingerprint density at radius 1 is 1.33 bits per heavy atom. The number of nitrogens with zero attached hydrogens (tertiary/aromatic N) is 2. The van der Waals surface area contributed by atoms with Crippen LogP contribution in [0.5, 0.6) is 0 Å². The largest absolute Gasteiger partial charge is 0.481 e. The third kappa shape index (κ3) is 4.30. The Morgan fingerprint density at radius 2 is 2.00 bits per heavy atom. The summed E-state index contributed by atoms with van der Waals surface area (Å²) in [6.07, 6.45) is 8.22. The molecule has 0 spiro atoms. The van der Waals surface area contributed by atoms with E-state index in [4.69, 9.17) is 10.4 Å². The van der Waals surface area contributed by atoms with Crippen LogP contribution in [0.1, 0.15) is 57.8 Å². The zero-order valence-corrected chi connectivity index (χ0v) is 11.3. The number of carboxylic acid groups (broad SMARTS) is 1. The second kappa shape index (κ2) is 7.38. The van der Waals surface area contributed by atoms with Gasteiger partial charge in [-0.2, -0.15) is 5.26 Å². The number of nitriles is 1. The molecule has 0 saturated heterocycles. The normalized spacial score (nSPS) is 18.5. The van der Waals surface area contributed by atoms with E-state index in [1.807, 2.05) is 7.05 Å². The molecule has 0 aromatic heterocycles. The van der Waals surface area contributed by atoms with Crippen LogP contribution >= 0.6 is 0 Å². The minimum Gasteiger partial charge on any atom is -0.481 e. The SMILES string of the molecule is CN(CCCCC#N)C1(CC(=O)O)CCCCC1. The van der Waals surface area contributed by atoms with Crippen molar-refractivity contribution in [3.63, 3.8) is 0 Å². The molecule has 0 unspecified atom stereocenters. The lowest BCUT2D eigenvalue weighted by molar-refractivity contribution is -0.141. The Hall–Kier alpha value is -1.08. The van der Waals surface area contributed by atoms with E-state index in [1.54, 1.807) is 0 Å². The fourth-order valence-corrected chi connectivity index (χ4v) is 2.98. The van der Waals surface area contributed by atoms with Crippen molar-refractivity contribution in [2.45, 2.75) is 63.3 Å². The van der Waals surface area contributed by atoms with E-state index in [-0.39, 0.29) is 12.0 Å². The molecule has 1 aliphatic rings. The summed E-state index contributed by atoms with van der Waals surface area (Å²) in [6, 6.07) is 2.15. The summed E-state index contributed by atoms with van der Waals surface area (Å²) in [6.45, 7) is 0.898. The van der Waals surface area contributed by atoms with Gasteiger partial charge in [-0.15, -0.1) is 0 Å². The molecular weight excluding hydrogens is 228 g/mol. The maximum absolute atomic E-state index is 11.1. The molecule has 18 heavy (non-hydrogen) atoms. The molecule has 0 atom stereocenters. The lowest BCUT2D eigenvalue weighted by atomic mass is 9.78. The second-order valence-electron chi connectivity index (χ2n) is 5.39. The topological polar surface area (TPSA) is 64.3 Å². The van der Waals surface area contributed by atoms with E-state index in [0.29, 0.717) is 6.42 Å². The summed E-state index contributed by atoms with van der Waals surface area (Å²) in [4.78, 5) is 13.3. The van der Waals surface area contributed by atoms with E-state index < -0.39 is 5.97 Å². The summed E-state index contributed by atoms with van der Waals surface area (Å²) in [5, 5.41) is 17.6.